The molecule has 0 aliphatic heterocycles. The number of H-pyrrole nitrogens is 1. The molecule has 1 heterocycles. The number of nitrogens with one attached hydrogen (secondary N) is 1. The van der Waals surface area contributed by atoms with Gasteiger partial charge >= 0.3 is 5.69 Å². The van der Waals surface area contributed by atoms with Crippen molar-refractivity contribution in [3.8, 4) is 11.6 Å². The van der Waals surface area contributed by atoms with Crippen molar-refractivity contribution < 1.29 is 5.11 Å². The van der Waals surface area contributed by atoms with Crippen LogP contribution < -0.4 is 5.69 Å². The highest BCUT2D eigenvalue weighted by molar-refractivity contribution is 5.81. The van der Waals surface area contributed by atoms with Gasteiger partial charge in [0.2, 0.25) is 5.88 Å². The van der Waals surface area contributed by atoms with Gasteiger partial charge in [-0.2, -0.15) is 0 Å². The van der Waals surface area contributed by atoms with Gasteiger partial charge in [0.05, 0.1) is 5.69 Å². The molecule has 0 saturated carbocycles. The molecule has 0 fully saturated rings. The lowest BCUT2D eigenvalue weighted by atomic mass is 9.98. The van der Waals surface area contributed by atoms with Crippen molar-refractivity contribution in [2.75, 3.05) is 0 Å². The first kappa shape index (κ1) is 14.9. The van der Waals surface area contributed by atoms with Crippen LogP contribution >= 0.6 is 0 Å². The summed E-state index contributed by atoms with van der Waals surface area (Å²) in [6.45, 7) is 3.89. The van der Waals surface area contributed by atoms with E-state index in [1.165, 1.54) is 4.57 Å². The van der Waals surface area contributed by atoms with Crippen molar-refractivity contribution in [3.05, 3.63) is 88.0 Å². The van der Waals surface area contributed by atoms with Gasteiger partial charge in [0.15, 0.2) is 0 Å². The van der Waals surface area contributed by atoms with E-state index in [1.807, 2.05) is 62.4 Å². The largest absolute Gasteiger partial charge is 0.493 e. The molecule has 0 atom stereocenters. The number of aromatic amines is 1. The second kappa shape index (κ2) is 6.01. The van der Waals surface area contributed by atoms with E-state index in [1.54, 1.807) is 12.1 Å². The molecule has 0 saturated heterocycles. The number of hydrogen-bond donors (Lipinski definition) is 2. The zero-order chi connectivity index (χ0) is 16.4. The molecule has 0 radical (unpaired) electrons. The van der Waals surface area contributed by atoms with Crippen molar-refractivity contribution in [1.82, 2.24) is 9.55 Å². The molecule has 116 valence electrons. The number of imidazole rings is 1. The summed E-state index contributed by atoms with van der Waals surface area (Å²) in [6.07, 6.45) is 1.89. The molecule has 1 aromatic heterocycles. The minimum absolute atomic E-state index is 0.0856. The number of hydrogen-bond acceptors (Lipinski definition) is 2. The normalized spacial score (nSPS) is 11.7. The quantitative estimate of drug-likeness (QED) is 0.776. The van der Waals surface area contributed by atoms with Crippen LogP contribution in [0.1, 0.15) is 23.7 Å². The summed E-state index contributed by atoms with van der Waals surface area (Å²) in [6, 6.07) is 17.0. The average molecular weight is 306 g/mol. The summed E-state index contributed by atoms with van der Waals surface area (Å²) in [4.78, 5) is 15.1. The Hall–Kier alpha value is -3.01. The van der Waals surface area contributed by atoms with Gasteiger partial charge < -0.3 is 10.1 Å². The second-order valence-corrected chi connectivity index (χ2v) is 5.32. The van der Waals surface area contributed by atoms with Crippen molar-refractivity contribution in [2.45, 2.75) is 13.8 Å². The van der Waals surface area contributed by atoms with Crippen LogP contribution in [0, 0.1) is 6.92 Å². The number of nitrogens with zero attached hydrogens (tertiary/aromatic N) is 1. The second-order valence-electron chi connectivity index (χ2n) is 5.32. The number of benzene rings is 2. The van der Waals surface area contributed by atoms with Gasteiger partial charge in [-0.05, 0) is 37.1 Å². The van der Waals surface area contributed by atoms with E-state index in [4.69, 9.17) is 0 Å². The summed E-state index contributed by atoms with van der Waals surface area (Å²) in [7, 11) is 0. The smallest absolute Gasteiger partial charge is 0.333 e. The lowest BCUT2D eigenvalue weighted by Gasteiger charge is -2.10. The molecule has 2 N–H and O–H groups in total. The molecular formula is C19H18N2O2. The number of aromatic hydroxyl groups is 1. The van der Waals surface area contributed by atoms with Gasteiger partial charge in [-0.3, -0.25) is 0 Å². The maximum absolute atomic E-state index is 12.3. The molecule has 3 aromatic rings. The monoisotopic (exact) mass is 306 g/mol. The molecule has 23 heavy (non-hydrogen) atoms. The zero-order valence-electron chi connectivity index (χ0n) is 13.1. The predicted octanol–water partition coefficient (Wildman–Crippen LogP) is 3.63. The van der Waals surface area contributed by atoms with Gasteiger partial charge in [0, 0.05) is 5.57 Å². The molecular weight excluding hydrogens is 288 g/mol. The van der Waals surface area contributed by atoms with Gasteiger partial charge in [-0.25, -0.2) is 9.36 Å². The first-order valence-electron chi connectivity index (χ1n) is 7.45. The van der Waals surface area contributed by atoms with Crippen molar-refractivity contribution >= 4 is 5.57 Å². The van der Waals surface area contributed by atoms with Gasteiger partial charge in [-0.1, -0.05) is 48.5 Å². The highest BCUT2D eigenvalue weighted by atomic mass is 16.3. The zero-order valence-corrected chi connectivity index (χ0v) is 13.1. The Morgan fingerprint density at radius 2 is 1.74 bits per heavy atom. The van der Waals surface area contributed by atoms with Crippen molar-refractivity contribution in [1.29, 1.82) is 0 Å². The maximum atomic E-state index is 12.3. The Kier molecular flexibility index (Phi) is 3.89. The van der Waals surface area contributed by atoms with Crippen LogP contribution in [0.3, 0.4) is 0 Å². The molecule has 0 aliphatic rings. The highest BCUT2D eigenvalue weighted by Gasteiger charge is 2.19. The summed E-state index contributed by atoms with van der Waals surface area (Å²) in [5.41, 5.74) is 3.54. The van der Waals surface area contributed by atoms with E-state index in [0.717, 1.165) is 16.7 Å². The number of rotatable bonds is 3. The first-order valence-corrected chi connectivity index (χ1v) is 7.45. The van der Waals surface area contributed by atoms with Crippen LogP contribution in [0.5, 0.6) is 5.88 Å². The molecule has 3 rings (SSSR count). The number of aryl methyl sites for hydroxylation is 1. The standard InChI is InChI=1S/C19H18N2O2/c1-3-15(16-12-8-7-9-13(16)2)17-18(22)21(19(23)20-17)14-10-5-4-6-11-14/h3-12,22H,1-2H3,(H,20,23)/b15-3-. The van der Waals surface area contributed by atoms with Gasteiger partial charge in [0.25, 0.3) is 0 Å². The Bertz CT molecular complexity index is 918. The van der Waals surface area contributed by atoms with E-state index >= 15 is 0 Å². The Labute approximate surface area is 134 Å². The van der Waals surface area contributed by atoms with Crippen LogP contribution in [0.2, 0.25) is 0 Å². The maximum Gasteiger partial charge on any atom is 0.333 e. The average Bonchev–Trinajstić information content (AvgIpc) is 2.85. The molecule has 4 nitrogen and oxygen atoms in total. The Morgan fingerprint density at radius 3 is 2.39 bits per heavy atom. The lowest BCUT2D eigenvalue weighted by Crippen LogP contribution is -2.14. The van der Waals surface area contributed by atoms with Crippen molar-refractivity contribution in [2.24, 2.45) is 0 Å². The molecule has 0 aliphatic carbocycles. The van der Waals surface area contributed by atoms with Crippen LogP contribution in [0.25, 0.3) is 11.3 Å². The SMILES string of the molecule is C/C=C(/c1ccccc1C)c1[nH]c(=O)n(-c2ccccc2)c1O. The third kappa shape index (κ3) is 2.59. The molecule has 4 heteroatoms. The van der Waals surface area contributed by atoms with E-state index in [2.05, 4.69) is 4.98 Å². The predicted molar refractivity (Wildman–Crippen MR) is 92.0 cm³/mol. The fourth-order valence-corrected chi connectivity index (χ4v) is 2.74. The number of allylic oxidation sites excluding steroid dienone is 1. The molecule has 2 aromatic carbocycles. The van der Waals surface area contributed by atoms with E-state index in [-0.39, 0.29) is 11.6 Å². The molecule has 0 unspecified atom stereocenters. The fraction of sp³-hybridized carbons (Fsp3) is 0.105. The third-order valence-electron chi connectivity index (χ3n) is 3.88. The summed E-state index contributed by atoms with van der Waals surface area (Å²) >= 11 is 0. The fourth-order valence-electron chi connectivity index (χ4n) is 2.74. The lowest BCUT2D eigenvalue weighted by molar-refractivity contribution is 0.439. The molecule has 0 bridgehead atoms. The minimum Gasteiger partial charge on any atom is -0.493 e. The van der Waals surface area contributed by atoms with Crippen LogP contribution in [-0.2, 0) is 0 Å². The number of aromatic nitrogens is 2. The summed E-state index contributed by atoms with van der Waals surface area (Å²) in [5, 5.41) is 10.6. The molecule has 0 amide bonds. The van der Waals surface area contributed by atoms with Crippen LogP contribution in [-0.4, -0.2) is 14.7 Å². The number of para-hydroxylation sites is 1. The molecule has 0 spiro atoms. The van der Waals surface area contributed by atoms with Crippen LogP contribution in [0.4, 0.5) is 0 Å². The van der Waals surface area contributed by atoms with E-state index < -0.39 is 0 Å². The van der Waals surface area contributed by atoms with E-state index in [0.29, 0.717) is 11.4 Å². The van der Waals surface area contributed by atoms with Crippen LogP contribution in [0.15, 0.2) is 65.5 Å². The summed E-state index contributed by atoms with van der Waals surface area (Å²) in [5.74, 6) is -0.0856. The highest BCUT2D eigenvalue weighted by Crippen LogP contribution is 2.31. The first-order chi connectivity index (χ1) is 11.1. The third-order valence-corrected chi connectivity index (χ3v) is 3.88. The minimum atomic E-state index is -0.364. The van der Waals surface area contributed by atoms with Gasteiger partial charge in [0.1, 0.15) is 5.69 Å². The topological polar surface area (TPSA) is 58.0 Å². The summed E-state index contributed by atoms with van der Waals surface area (Å²) < 4.78 is 1.27. The van der Waals surface area contributed by atoms with Crippen molar-refractivity contribution in [3.63, 3.8) is 0 Å². The Morgan fingerprint density at radius 1 is 1.09 bits per heavy atom. The van der Waals surface area contributed by atoms with E-state index in [9.17, 15) is 9.90 Å². The Balaban J connectivity index is 2.19. The van der Waals surface area contributed by atoms with Gasteiger partial charge in [-0.15, -0.1) is 0 Å².